The molecular weight excluding hydrogens is 232 g/mol. The van der Waals surface area contributed by atoms with E-state index in [1.807, 2.05) is 0 Å². The Labute approximate surface area is 111 Å². The second-order valence-electron chi connectivity index (χ2n) is 5.69. The monoisotopic (exact) mass is 246 g/mol. The predicted octanol–water partition coefficient (Wildman–Crippen LogP) is 4.38. The van der Waals surface area contributed by atoms with E-state index in [0.717, 1.165) is 6.42 Å². The molecule has 1 fully saturated rings. The van der Waals surface area contributed by atoms with Gasteiger partial charge in [-0.2, -0.15) is 0 Å². The molecule has 1 aliphatic heterocycles. The normalized spacial score (nSPS) is 24.2. The summed E-state index contributed by atoms with van der Waals surface area (Å²) in [4.78, 5) is 0. The summed E-state index contributed by atoms with van der Waals surface area (Å²) in [6, 6.07) is 17.8. The highest BCUT2D eigenvalue weighted by Gasteiger charge is 2.43. The standard InChI is InChI=1S/C18H14O/c1-2-4-14-11(3-1)5-6-12-10-16-13(9-15(12)14)7-8-17-18(16)19-17/h1-6,9-10,17-18H,7-8H2. The molecule has 1 aliphatic carbocycles. The molecule has 92 valence electrons. The van der Waals surface area contributed by atoms with Gasteiger partial charge in [0, 0.05) is 0 Å². The molecule has 3 aromatic carbocycles. The Morgan fingerprint density at radius 3 is 2.79 bits per heavy atom. The lowest BCUT2D eigenvalue weighted by molar-refractivity contribution is 0.373. The first-order valence-electron chi connectivity index (χ1n) is 7.00. The van der Waals surface area contributed by atoms with Gasteiger partial charge in [-0.3, -0.25) is 0 Å². The van der Waals surface area contributed by atoms with Crippen LogP contribution >= 0.6 is 0 Å². The van der Waals surface area contributed by atoms with Gasteiger partial charge in [0.15, 0.2) is 0 Å². The summed E-state index contributed by atoms with van der Waals surface area (Å²) in [6.45, 7) is 0. The molecule has 0 bridgehead atoms. The predicted molar refractivity (Wildman–Crippen MR) is 77.4 cm³/mol. The molecule has 1 nitrogen and oxygen atoms in total. The van der Waals surface area contributed by atoms with E-state index in [0.29, 0.717) is 12.2 Å². The Morgan fingerprint density at radius 2 is 1.79 bits per heavy atom. The van der Waals surface area contributed by atoms with Gasteiger partial charge in [-0.25, -0.2) is 0 Å². The van der Waals surface area contributed by atoms with Crippen molar-refractivity contribution in [3.8, 4) is 0 Å². The summed E-state index contributed by atoms with van der Waals surface area (Å²) in [5.41, 5.74) is 2.92. The van der Waals surface area contributed by atoms with Crippen LogP contribution in [0.2, 0.25) is 0 Å². The van der Waals surface area contributed by atoms with Crippen LogP contribution in [0.4, 0.5) is 0 Å². The molecule has 1 heteroatoms. The second-order valence-corrected chi connectivity index (χ2v) is 5.69. The molecule has 2 atom stereocenters. The quantitative estimate of drug-likeness (QED) is 0.423. The molecule has 5 rings (SSSR count). The van der Waals surface area contributed by atoms with Crippen molar-refractivity contribution in [2.45, 2.75) is 25.0 Å². The third-order valence-electron chi connectivity index (χ3n) is 4.59. The summed E-state index contributed by atoms with van der Waals surface area (Å²) in [6.07, 6.45) is 3.24. The summed E-state index contributed by atoms with van der Waals surface area (Å²) >= 11 is 0. The van der Waals surface area contributed by atoms with Gasteiger partial charge in [0.1, 0.15) is 6.10 Å². The minimum atomic E-state index is 0.389. The fourth-order valence-corrected chi connectivity index (χ4v) is 3.53. The van der Waals surface area contributed by atoms with E-state index in [2.05, 4.69) is 48.5 Å². The molecule has 1 saturated heterocycles. The van der Waals surface area contributed by atoms with Crippen molar-refractivity contribution in [3.63, 3.8) is 0 Å². The van der Waals surface area contributed by atoms with Crippen LogP contribution < -0.4 is 0 Å². The molecule has 2 aliphatic rings. The molecule has 0 radical (unpaired) electrons. The van der Waals surface area contributed by atoms with E-state index in [9.17, 15) is 0 Å². The number of hydrogen-bond acceptors (Lipinski definition) is 1. The highest BCUT2D eigenvalue weighted by atomic mass is 16.6. The first-order valence-corrected chi connectivity index (χ1v) is 7.00. The Morgan fingerprint density at radius 1 is 0.895 bits per heavy atom. The van der Waals surface area contributed by atoms with Gasteiger partial charge in [-0.15, -0.1) is 0 Å². The lowest BCUT2D eigenvalue weighted by Gasteiger charge is -2.14. The van der Waals surface area contributed by atoms with Gasteiger partial charge in [-0.1, -0.05) is 42.5 Å². The average Bonchev–Trinajstić information content (AvgIpc) is 3.25. The number of benzene rings is 3. The van der Waals surface area contributed by atoms with Gasteiger partial charge in [0.25, 0.3) is 0 Å². The minimum Gasteiger partial charge on any atom is -0.364 e. The van der Waals surface area contributed by atoms with Crippen molar-refractivity contribution >= 4 is 21.5 Å². The number of ether oxygens (including phenoxy) is 1. The number of aryl methyl sites for hydroxylation is 1. The van der Waals surface area contributed by atoms with Crippen molar-refractivity contribution in [2.24, 2.45) is 0 Å². The largest absolute Gasteiger partial charge is 0.364 e. The highest BCUT2D eigenvalue weighted by Crippen LogP contribution is 2.48. The zero-order valence-electron chi connectivity index (χ0n) is 10.6. The fraction of sp³-hybridized carbons (Fsp3) is 0.222. The van der Waals surface area contributed by atoms with Crippen molar-refractivity contribution < 1.29 is 4.74 Å². The summed E-state index contributed by atoms with van der Waals surface area (Å²) < 4.78 is 5.74. The average molecular weight is 246 g/mol. The maximum Gasteiger partial charge on any atom is 0.109 e. The van der Waals surface area contributed by atoms with E-state index in [1.54, 1.807) is 0 Å². The number of fused-ring (bicyclic) bond motifs is 6. The summed E-state index contributed by atoms with van der Waals surface area (Å²) in [5.74, 6) is 0. The van der Waals surface area contributed by atoms with Crippen LogP contribution in [0.15, 0.2) is 48.5 Å². The van der Waals surface area contributed by atoms with Crippen LogP contribution in [0, 0.1) is 0 Å². The van der Waals surface area contributed by atoms with Crippen LogP contribution in [-0.4, -0.2) is 6.10 Å². The molecule has 1 heterocycles. The third kappa shape index (κ3) is 1.34. The third-order valence-corrected chi connectivity index (χ3v) is 4.59. The van der Waals surface area contributed by atoms with E-state index < -0.39 is 0 Å². The molecule has 0 aromatic heterocycles. The maximum atomic E-state index is 5.74. The van der Waals surface area contributed by atoms with E-state index >= 15 is 0 Å². The van der Waals surface area contributed by atoms with Crippen molar-refractivity contribution in [1.29, 1.82) is 0 Å². The first-order chi connectivity index (χ1) is 9.40. The van der Waals surface area contributed by atoms with Crippen molar-refractivity contribution in [1.82, 2.24) is 0 Å². The van der Waals surface area contributed by atoms with Crippen LogP contribution in [0.25, 0.3) is 21.5 Å². The molecule has 0 spiro atoms. The summed E-state index contributed by atoms with van der Waals surface area (Å²) in [5, 5.41) is 5.41. The van der Waals surface area contributed by atoms with Crippen molar-refractivity contribution in [3.05, 3.63) is 59.7 Å². The van der Waals surface area contributed by atoms with E-state index in [4.69, 9.17) is 4.74 Å². The second kappa shape index (κ2) is 3.37. The lowest BCUT2D eigenvalue weighted by atomic mass is 9.88. The van der Waals surface area contributed by atoms with Gasteiger partial charge in [-0.05, 0) is 51.6 Å². The number of hydrogen-bond donors (Lipinski definition) is 0. The van der Waals surface area contributed by atoms with E-state index in [-0.39, 0.29) is 0 Å². The molecule has 2 unspecified atom stereocenters. The molecule has 3 aromatic rings. The lowest BCUT2D eigenvalue weighted by Crippen LogP contribution is -2.04. The molecular formula is C18H14O. The Bertz CT molecular complexity index is 818. The molecule has 19 heavy (non-hydrogen) atoms. The SMILES string of the molecule is c1ccc2c(c1)ccc1cc3c(cc12)CCC1OC31. The number of epoxide rings is 1. The van der Waals surface area contributed by atoms with Crippen LogP contribution in [0.1, 0.15) is 23.7 Å². The fourth-order valence-electron chi connectivity index (χ4n) is 3.53. The van der Waals surface area contributed by atoms with Gasteiger partial charge < -0.3 is 4.74 Å². The Balaban J connectivity index is 1.89. The molecule has 0 saturated carbocycles. The van der Waals surface area contributed by atoms with Crippen molar-refractivity contribution in [2.75, 3.05) is 0 Å². The Hall–Kier alpha value is -1.86. The van der Waals surface area contributed by atoms with Gasteiger partial charge in [0.05, 0.1) is 6.10 Å². The number of rotatable bonds is 0. The molecule has 0 amide bonds. The molecule has 0 N–H and O–H groups in total. The first kappa shape index (κ1) is 9.99. The van der Waals surface area contributed by atoms with E-state index in [1.165, 1.54) is 39.1 Å². The Kier molecular flexibility index (Phi) is 1.77. The zero-order valence-corrected chi connectivity index (χ0v) is 10.6. The summed E-state index contributed by atoms with van der Waals surface area (Å²) in [7, 11) is 0. The minimum absolute atomic E-state index is 0.389. The van der Waals surface area contributed by atoms with Crippen LogP contribution in [-0.2, 0) is 11.2 Å². The maximum absolute atomic E-state index is 5.74. The zero-order chi connectivity index (χ0) is 12.4. The van der Waals surface area contributed by atoms with Gasteiger partial charge >= 0.3 is 0 Å². The topological polar surface area (TPSA) is 12.5 Å². The smallest absolute Gasteiger partial charge is 0.109 e. The van der Waals surface area contributed by atoms with Crippen LogP contribution in [0.5, 0.6) is 0 Å². The highest BCUT2D eigenvalue weighted by molar-refractivity contribution is 6.07. The van der Waals surface area contributed by atoms with Crippen LogP contribution in [0.3, 0.4) is 0 Å². The van der Waals surface area contributed by atoms with Gasteiger partial charge in [0.2, 0.25) is 0 Å².